The average Bonchev–Trinajstić information content (AvgIpc) is 2.65. The van der Waals surface area contributed by atoms with E-state index in [4.69, 9.17) is 0 Å². The summed E-state index contributed by atoms with van der Waals surface area (Å²) < 4.78 is 1.48. The lowest BCUT2D eigenvalue weighted by Gasteiger charge is -2.31. The van der Waals surface area contributed by atoms with Gasteiger partial charge in [0, 0.05) is 32.4 Å². The lowest BCUT2D eigenvalue weighted by molar-refractivity contribution is -0.117. The molecule has 1 fully saturated rings. The van der Waals surface area contributed by atoms with Gasteiger partial charge in [-0.25, -0.2) is 4.98 Å². The minimum Gasteiger partial charge on any atom is -0.322 e. The number of nitrogens with zero attached hydrogens (tertiary/aromatic N) is 4. The fourth-order valence-electron chi connectivity index (χ4n) is 3.27. The summed E-state index contributed by atoms with van der Waals surface area (Å²) in [5.74, 6) is -0.0925. The SMILES string of the molecule is CN1CCN(CC(=O)Nc2cccn3c(=O)c4ccccc4nc23)CC1. The van der Waals surface area contributed by atoms with Gasteiger partial charge in [-0.15, -0.1) is 0 Å². The Balaban J connectivity index is 1.62. The smallest absolute Gasteiger partial charge is 0.265 e. The Morgan fingerprint density at radius 2 is 1.88 bits per heavy atom. The van der Waals surface area contributed by atoms with Crippen LogP contribution in [-0.4, -0.2) is 64.9 Å². The predicted molar refractivity (Wildman–Crippen MR) is 102 cm³/mol. The molecule has 0 aliphatic carbocycles. The molecule has 1 saturated heterocycles. The molecule has 1 aliphatic heterocycles. The number of benzene rings is 1. The summed E-state index contributed by atoms with van der Waals surface area (Å²) in [6.45, 7) is 4.02. The molecule has 26 heavy (non-hydrogen) atoms. The Hall–Kier alpha value is -2.77. The second-order valence-electron chi connectivity index (χ2n) is 6.68. The molecule has 1 amide bonds. The molecule has 2 aromatic heterocycles. The van der Waals surface area contributed by atoms with Crippen molar-refractivity contribution in [2.24, 2.45) is 0 Å². The molecule has 7 nitrogen and oxygen atoms in total. The fraction of sp³-hybridized carbons (Fsp3) is 0.316. The van der Waals surface area contributed by atoms with Crippen molar-refractivity contribution in [2.45, 2.75) is 0 Å². The van der Waals surface area contributed by atoms with E-state index in [0.717, 1.165) is 26.2 Å². The number of likely N-dealkylation sites (N-methyl/N-ethyl adjacent to an activating group) is 1. The average molecular weight is 351 g/mol. The minimum atomic E-state index is -0.138. The molecule has 3 aromatic rings. The van der Waals surface area contributed by atoms with Crippen LogP contribution in [0.2, 0.25) is 0 Å². The van der Waals surface area contributed by atoms with Crippen LogP contribution in [0.1, 0.15) is 0 Å². The van der Waals surface area contributed by atoms with Gasteiger partial charge in [0.15, 0.2) is 5.65 Å². The number of anilines is 1. The number of para-hydroxylation sites is 1. The predicted octanol–water partition coefficient (Wildman–Crippen LogP) is 1.03. The Bertz CT molecular complexity index is 1020. The van der Waals surface area contributed by atoms with Crippen molar-refractivity contribution in [1.82, 2.24) is 19.2 Å². The molecule has 134 valence electrons. The minimum absolute atomic E-state index is 0.0925. The quantitative estimate of drug-likeness (QED) is 0.714. The Labute approximate surface area is 150 Å². The van der Waals surface area contributed by atoms with Crippen LogP contribution in [0.4, 0.5) is 5.69 Å². The summed E-state index contributed by atoms with van der Waals surface area (Å²) in [6, 6.07) is 10.8. The third kappa shape index (κ3) is 3.18. The first-order valence-electron chi connectivity index (χ1n) is 8.73. The fourth-order valence-corrected chi connectivity index (χ4v) is 3.27. The molecule has 7 heteroatoms. The molecule has 1 aliphatic rings. The van der Waals surface area contributed by atoms with Crippen LogP contribution >= 0.6 is 0 Å². The van der Waals surface area contributed by atoms with Gasteiger partial charge in [-0.1, -0.05) is 12.1 Å². The molecule has 0 atom stereocenters. The molecule has 3 heterocycles. The van der Waals surface area contributed by atoms with Gasteiger partial charge in [0.25, 0.3) is 5.56 Å². The normalized spacial score (nSPS) is 16.2. The zero-order chi connectivity index (χ0) is 18.1. The number of carbonyl (C=O) groups is 1. The van der Waals surface area contributed by atoms with Crippen LogP contribution in [0, 0.1) is 0 Å². The summed E-state index contributed by atoms with van der Waals surface area (Å²) in [5, 5.41) is 3.48. The third-order valence-electron chi connectivity index (χ3n) is 4.78. The monoisotopic (exact) mass is 351 g/mol. The number of hydrogen-bond acceptors (Lipinski definition) is 5. The molecule has 1 aromatic carbocycles. The van der Waals surface area contributed by atoms with Crippen LogP contribution in [-0.2, 0) is 4.79 Å². The van der Waals surface area contributed by atoms with Crippen LogP contribution in [0.25, 0.3) is 16.6 Å². The van der Waals surface area contributed by atoms with Gasteiger partial charge in [-0.3, -0.25) is 18.9 Å². The summed E-state index contributed by atoms with van der Waals surface area (Å²) in [5.41, 5.74) is 1.50. The summed E-state index contributed by atoms with van der Waals surface area (Å²) in [7, 11) is 2.08. The highest BCUT2D eigenvalue weighted by Gasteiger charge is 2.17. The van der Waals surface area contributed by atoms with Crippen LogP contribution in [0.5, 0.6) is 0 Å². The summed E-state index contributed by atoms with van der Waals surface area (Å²) in [4.78, 5) is 34.1. The molecule has 0 spiro atoms. The molecular formula is C19H21N5O2. The Morgan fingerprint density at radius 1 is 1.12 bits per heavy atom. The van der Waals surface area contributed by atoms with Crippen LogP contribution in [0.15, 0.2) is 47.4 Å². The topological polar surface area (TPSA) is 69.9 Å². The zero-order valence-electron chi connectivity index (χ0n) is 14.7. The first-order valence-corrected chi connectivity index (χ1v) is 8.73. The number of hydrogen-bond donors (Lipinski definition) is 1. The van der Waals surface area contributed by atoms with Crippen molar-refractivity contribution in [3.63, 3.8) is 0 Å². The van der Waals surface area contributed by atoms with Gasteiger partial charge in [0.05, 0.1) is 23.1 Å². The number of aromatic nitrogens is 2. The molecule has 0 saturated carbocycles. The van der Waals surface area contributed by atoms with Gasteiger partial charge >= 0.3 is 0 Å². The van der Waals surface area contributed by atoms with Crippen molar-refractivity contribution in [3.8, 4) is 0 Å². The van der Waals surface area contributed by atoms with E-state index in [1.807, 2.05) is 12.1 Å². The van der Waals surface area contributed by atoms with Gasteiger partial charge in [0.1, 0.15) is 0 Å². The zero-order valence-corrected chi connectivity index (χ0v) is 14.7. The van der Waals surface area contributed by atoms with E-state index < -0.39 is 0 Å². The molecule has 0 radical (unpaired) electrons. The van der Waals surface area contributed by atoms with Crippen molar-refractivity contribution >= 4 is 28.1 Å². The van der Waals surface area contributed by atoms with Gasteiger partial charge < -0.3 is 10.2 Å². The maximum absolute atomic E-state index is 12.7. The highest BCUT2D eigenvalue weighted by atomic mass is 16.2. The number of rotatable bonds is 3. The molecular weight excluding hydrogens is 330 g/mol. The summed E-state index contributed by atoms with van der Waals surface area (Å²) >= 11 is 0. The van der Waals surface area contributed by atoms with E-state index >= 15 is 0 Å². The first kappa shape index (κ1) is 16.7. The van der Waals surface area contributed by atoms with Crippen LogP contribution < -0.4 is 10.9 Å². The standard InChI is InChI=1S/C19H21N5O2/c1-22-9-11-23(12-10-22)13-17(25)20-16-7-4-8-24-18(16)21-15-6-3-2-5-14(15)19(24)26/h2-8H,9-13H2,1H3,(H,20,25). The number of amides is 1. The first-order chi connectivity index (χ1) is 12.6. The van der Waals surface area contributed by atoms with Gasteiger partial charge in [-0.2, -0.15) is 0 Å². The van der Waals surface area contributed by atoms with Crippen molar-refractivity contribution in [2.75, 3.05) is 45.1 Å². The van der Waals surface area contributed by atoms with Crippen molar-refractivity contribution in [1.29, 1.82) is 0 Å². The maximum Gasteiger partial charge on any atom is 0.265 e. The Kier molecular flexibility index (Phi) is 4.40. The van der Waals surface area contributed by atoms with Crippen LogP contribution in [0.3, 0.4) is 0 Å². The number of piperazine rings is 1. The van der Waals surface area contributed by atoms with E-state index in [-0.39, 0.29) is 11.5 Å². The lowest BCUT2D eigenvalue weighted by atomic mass is 10.2. The molecule has 4 rings (SSSR count). The second-order valence-corrected chi connectivity index (χ2v) is 6.68. The largest absolute Gasteiger partial charge is 0.322 e. The highest BCUT2D eigenvalue weighted by Crippen LogP contribution is 2.16. The summed E-state index contributed by atoms with van der Waals surface area (Å²) in [6.07, 6.45) is 1.67. The lowest BCUT2D eigenvalue weighted by Crippen LogP contribution is -2.47. The maximum atomic E-state index is 12.7. The van der Waals surface area contributed by atoms with Crippen molar-refractivity contribution < 1.29 is 4.79 Å². The molecule has 1 N–H and O–H groups in total. The number of carbonyl (C=O) groups excluding carboxylic acids is 1. The van der Waals surface area contributed by atoms with Crippen molar-refractivity contribution in [3.05, 3.63) is 52.9 Å². The van der Waals surface area contributed by atoms with Gasteiger partial charge in [-0.05, 0) is 31.3 Å². The molecule has 0 bridgehead atoms. The third-order valence-corrected chi connectivity index (χ3v) is 4.78. The van der Waals surface area contributed by atoms with E-state index in [9.17, 15) is 9.59 Å². The van der Waals surface area contributed by atoms with E-state index in [2.05, 4.69) is 27.1 Å². The number of nitrogens with one attached hydrogen (secondary N) is 1. The van der Waals surface area contributed by atoms with E-state index in [1.54, 1.807) is 30.5 Å². The second kappa shape index (κ2) is 6.86. The Morgan fingerprint density at radius 3 is 2.69 bits per heavy atom. The van der Waals surface area contributed by atoms with E-state index in [1.165, 1.54) is 4.40 Å². The van der Waals surface area contributed by atoms with E-state index in [0.29, 0.717) is 28.8 Å². The molecule has 0 unspecified atom stereocenters. The highest BCUT2D eigenvalue weighted by molar-refractivity contribution is 5.96. The number of fused-ring (bicyclic) bond motifs is 2. The van der Waals surface area contributed by atoms with Gasteiger partial charge in [0.2, 0.25) is 5.91 Å². The number of pyridine rings is 1.